The molecule has 2 aromatic rings. The van der Waals surface area contributed by atoms with Crippen molar-refractivity contribution in [3.05, 3.63) is 52.7 Å². The molecule has 1 fully saturated rings. The average Bonchev–Trinajstić information content (AvgIpc) is 3.21. The maximum atomic E-state index is 12.2. The number of aryl methyl sites for hydroxylation is 3. The van der Waals surface area contributed by atoms with Crippen molar-refractivity contribution < 1.29 is 14.3 Å². The van der Waals surface area contributed by atoms with Crippen molar-refractivity contribution in [1.82, 2.24) is 15.6 Å². The molecule has 0 aliphatic heterocycles. The molecule has 160 valence electrons. The van der Waals surface area contributed by atoms with E-state index in [-0.39, 0.29) is 25.1 Å². The van der Waals surface area contributed by atoms with Crippen molar-refractivity contribution in [2.45, 2.75) is 59.1 Å². The van der Waals surface area contributed by atoms with Crippen molar-refractivity contribution in [1.29, 1.82) is 0 Å². The van der Waals surface area contributed by atoms with Crippen molar-refractivity contribution >= 4 is 17.6 Å². The van der Waals surface area contributed by atoms with Gasteiger partial charge in [0.25, 0.3) is 0 Å². The second kappa shape index (κ2) is 10.1. The van der Waals surface area contributed by atoms with Gasteiger partial charge in [0.2, 0.25) is 11.8 Å². The van der Waals surface area contributed by atoms with Gasteiger partial charge in [-0.1, -0.05) is 23.8 Å². The number of benzene rings is 1. The molecule has 1 aromatic carbocycles. The SMILES string of the molecule is Cc1cc(C)c(NC(=O)CNC(=O)NCc2cccnc2OC2CCCC2)c(C)c1. The Kier molecular flexibility index (Phi) is 7.27. The summed E-state index contributed by atoms with van der Waals surface area (Å²) in [6.07, 6.45) is 6.32. The molecule has 7 heteroatoms. The van der Waals surface area contributed by atoms with Crippen LogP contribution in [0, 0.1) is 20.8 Å². The molecule has 3 rings (SSSR count). The van der Waals surface area contributed by atoms with Crippen molar-refractivity contribution in [2.75, 3.05) is 11.9 Å². The van der Waals surface area contributed by atoms with Gasteiger partial charge in [0.15, 0.2) is 0 Å². The third-order valence-corrected chi connectivity index (χ3v) is 5.22. The fourth-order valence-corrected chi connectivity index (χ4v) is 3.79. The lowest BCUT2D eigenvalue weighted by atomic mass is 10.1. The zero-order valence-corrected chi connectivity index (χ0v) is 17.9. The van der Waals surface area contributed by atoms with E-state index in [0.29, 0.717) is 5.88 Å². The second-order valence-electron chi connectivity index (χ2n) is 7.85. The van der Waals surface area contributed by atoms with Crippen LogP contribution in [0.2, 0.25) is 0 Å². The summed E-state index contributed by atoms with van der Waals surface area (Å²) in [5.74, 6) is 0.291. The number of pyridine rings is 1. The minimum absolute atomic E-state index is 0.114. The summed E-state index contributed by atoms with van der Waals surface area (Å²) in [7, 11) is 0. The van der Waals surface area contributed by atoms with E-state index in [1.165, 1.54) is 12.8 Å². The van der Waals surface area contributed by atoms with Crippen LogP contribution in [0.1, 0.15) is 47.9 Å². The Bertz CT molecular complexity index is 884. The minimum Gasteiger partial charge on any atom is -0.474 e. The van der Waals surface area contributed by atoms with Gasteiger partial charge in [-0.15, -0.1) is 0 Å². The molecule has 1 aromatic heterocycles. The molecule has 3 N–H and O–H groups in total. The number of aromatic nitrogens is 1. The highest BCUT2D eigenvalue weighted by Gasteiger charge is 2.18. The van der Waals surface area contributed by atoms with Gasteiger partial charge in [0.05, 0.1) is 6.54 Å². The van der Waals surface area contributed by atoms with Crippen molar-refractivity contribution in [3.63, 3.8) is 0 Å². The highest BCUT2D eigenvalue weighted by Crippen LogP contribution is 2.25. The number of amides is 3. The number of carbonyl (C=O) groups is 2. The van der Waals surface area contributed by atoms with Gasteiger partial charge in [0, 0.05) is 24.0 Å². The standard InChI is InChI=1S/C23H30N4O3/c1-15-11-16(2)21(17(3)12-15)27-20(28)14-26-23(29)25-13-18-7-6-10-24-22(18)30-19-8-4-5-9-19/h6-7,10-12,19H,4-5,8-9,13-14H2,1-3H3,(H,27,28)(H2,25,26,29). The summed E-state index contributed by atoms with van der Waals surface area (Å²) in [4.78, 5) is 28.7. The third-order valence-electron chi connectivity index (χ3n) is 5.22. The molecule has 1 aliphatic rings. The third kappa shape index (κ3) is 5.95. The largest absolute Gasteiger partial charge is 0.474 e. The monoisotopic (exact) mass is 410 g/mol. The van der Waals surface area contributed by atoms with Gasteiger partial charge in [-0.2, -0.15) is 0 Å². The van der Waals surface area contributed by atoms with Gasteiger partial charge in [-0.3, -0.25) is 4.79 Å². The Morgan fingerprint density at radius 3 is 2.50 bits per heavy atom. The zero-order chi connectivity index (χ0) is 21.5. The molecular formula is C23H30N4O3. The first-order chi connectivity index (χ1) is 14.4. The molecule has 30 heavy (non-hydrogen) atoms. The lowest BCUT2D eigenvalue weighted by molar-refractivity contribution is -0.115. The van der Waals surface area contributed by atoms with Crippen LogP contribution in [0.3, 0.4) is 0 Å². The first-order valence-electron chi connectivity index (χ1n) is 10.4. The fourth-order valence-electron chi connectivity index (χ4n) is 3.79. The predicted molar refractivity (Wildman–Crippen MR) is 117 cm³/mol. The lowest BCUT2D eigenvalue weighted by Gasteiger charge is -2.16. The zero-order valence-electron chi connectivity index (χ0n) is 17.9. The van der Waals surface area contributed by atoms with Gasteiger partial charge < -0.3 is 20.7 Å². The van der Waals surface area contributed by atoms with Crippen LogP contribution in [-0.4, -0.2) is 29.6 Å². The summed E-state index contributed by atoms with van der Waals surface area (Å²) in [6.45, 7) is 6.09. The molecule has 0 radical (unpaired) electrons. The maximum Gasteiger partial charge on any atom is 0.315 e. The normalized spacial score (nSPS) is 13.7. The van der Waals surface area contributed by atoms with Crippen LogP contribution in [0.4, 0.5) is 10.5 Å². The second-order valence-corrected chi connectivity index (χ2v) is 7.85. The Hall–Kier alpha value is -3.09. The molecular weight excluding hydrogens is 380 g/mol. The van der Waals surface area contributed by atoms with E-state index in [1.54, 1.807) is 6.20 Å². The van der Waals surface area contributed by atoms with E-state index in [4.69, 9.17) is 4.74 Å². The van der Waals surface area contributed by atoms with Crippen LogP contribution >= 0.6 is 0 Å². The number of carbonyl (C=O) groups excluding carboxylic acids is 2. The fraction of sp³-hybridized carbons (Fsp3) is 0.435. The predicted octanol–water partition coefficient (Wildman–Crippen LogP) is 3.77. The Labute approximate surface area is 177 Å². The van der Waals surface area contributed by atoms with Crippen LogP contribution < -0.4 is 20.7 Å². The van der Waals surface area contributed by atoms with E-state index >= 15 is 0 Å². The quantitative estimate of drug-likeness (QED) is 0.648. The van der Waals surface area contributed by atoms with E-state index in [1.807, 2.05) is 45.0 Å². The highest BCUT2D eigenvalue weighted by atomic mass is 16.5. The van der Waals surface area contributed by atoms with Gasteiger partial charge in [0.1, 0.15) is 6.10 Å². The van der Waals surface area contributed by atoms with E-state index in [9.17, 15) is 9.59 Å². The van der Waals surface area contributed by atoms with E-state index in [2.05, 4.69) is 20.9 Å². The summed E-state index contributed by atoms with van der Waals surface area (Å²) >= 11 is 0. The summed E-state index contributed by atoms with van der Waals surface area (Å²) in [6, 6.07) is 7.31. The molecule has 1 saturated carbocycles. The van der Waals surface area contributed by atoms with Crippen LogP contribution in [0.5, 0.6) is 5.88 Å². The number of hydrogen-bond acceptors (Lipinski definition) is 4. The lowest BCUT2D eigenvalue weighted by Crippen LogP contribution is -2.39. The van der Waals surface area contributed by atoms with Crippen LogP contribution in [-0.2, 0) is 11.3 Å². The molecule has 0 saturated heterocycles. The number of urea groups is 1. The molecule has 0 bridgehead atoms. The van der Waals surface area contributed by atoms with Gasteiger partial charge >= 0.3 is 6.03 Å². The van der Waals surface area contributed by atoms with Crippen molar-refractivity contribution in [3.8, 4) is 5.88 Å². The number of nitrogens with one attached hydrogen (secondary N) is 3. The number of ether oxygens (including phenoxy) is 1. The Balaban J connectivity index is 1.47. The smallest absolute Gasteiger partial charge is 0.315 e. The molecule has 3 amide bonds. The first kappa shape index (κ1) is 21.6. The summed E-state index contributed by atoms with van der Waals surface area (Å²) in [5.41, 5.74) is 4.74. The van der Waals surface area contributed by atoms with Gasteiger partial charge in [-0.25, -0.2) is 9.78 Å². The number of anilines is 1. The Morgan fingerprint density at radius 2 is 1.80 bits per heavy atom. The number of hydrogen-bond donors (Lipinski definition) is 3. The van der Waals surface area contributed by atoms with E-state index < -0.39 is 6.03 Å². The number of nitrogens with zero attached hydrogens (tertiary/aromatic N) is 1. The Morgan fingerprint density at radius 1 is 1.10 bits per heavy atom. The summed E-state index contributed by atoms with van der Waals surface area (Å²) < 4.78 is 5.99. The molecule has 1 aliphatic carbocycles. The van der Waals surface area contributed by atoms with Crippen LogP contribution in [0.15, 0.2) is 30.5 Å². The highest BCUT2D eigenvalue weighted by molar-refractivity contribution is 5.95. The van der Waals surface area contributed by atoms with Crippen molar-refractivity contribution in [2.24, 2.45) is 0 Å². The molecule has 0 spiro atoms. The average molecular weight is 411 g/mol. The molecule has 7 nitrogen and oxygen atoms in total. The first-order valence-corrected chi connectivity index (χ1v) is 10.4. The number of rotatable bonds is 7. The summed E-state index contributed by atoms with van der Waals surface area (Å²) in [5, 5.41) is 8.23. The molecule has 1 heterocycles. The topological polar surface area (TPSA) is 92.4 Å². The van der Waals surface area contributed by atoms with Gasteiger partial charge in [-0.05, 0) is 63.6 Å². The molecule has 0 unspecified atom stereocenters. The minimum atomic E-state index is -0.418. The molecule has 0 atom stereocenters. The maximum absolute atomic E-state index is 12.2. The van der Waals surface area contributed by atoms with Crippen LogP contribution in [0.25, 0.3) is 0 Å². The van der Waals surface area contributed by atoms with E-state index in [0.717, 1.165) is 40.8 Å².